The Bertz CT molecular complexity index is 1010. The Balaban J connectivity index is 1.74. The highest BCUT2D eigenvalue weighted by atomic mass is 32.2. The Morgan fingerprint density at radius 1 is 1.15 bits per heavy atom. The highest BCUT2D eigenvalue weighted by Crippen LogP contribution is 2.26. The van der Waals surface area contributed by atoms with Crippen LogP contribution in [-0.2, 0) is 5.75 Å². The molecule has 1 heterocycles. The van der Waals surface area contributed by atoms with Crippen molar-refractivity contribution in [2.45, 2.75) is 24.8 Å². The fourth-order valence-electron chi connectivity index (χ4n) is 2.41. The van der Waals surface area contributed by atoms with Crippen LogP contribution in [0.15, 0.2) is 59.8 Å². The molecule has 3 aromatic rings. The highest BCUT2D eigenvalue weighted by molar-refractivity contribution is 7.98. The molecule has 3 rings (SSSR count). The third kappa shape index (κ3) is 4.93. The van der Waals surface area contributed by atoms with E-state index in [1.54, 1.807) is 36.4 Å². The van der Waals surface area contributed by atoms with Gasteiger partial charge in [0, 0.05) is 23.1 Å². The predicted octanol–water partition coefficient (Wildman–Crippen LogP) is 4.94. The van der Waals surface area contributed by atoms with E-state index in [0.717, 1.165) is 11.3 Å². The minimum atomic E-state index is 0.00997. The van der Waals surface area contributed by atoms with Gasteiger partial charge >= 0.3 is 0 Å². The number of carbonyl (C=O) groups is 1. The van der Waals surface area contributed by atoms with Gasteiger partial charge in [-0.15, -0.1) is 0 Å². The van der Waals surface area contributed by atoms with Gasteiger partial charge in [-0.25, -0.2) is 4.98 Å². The number of rotatable bonds is 6. The van der Waals surface area contributed by atoms with Gasteiger partial charge in [-0.2, -0.15) is 10.2 Å². The Morgan fingerprint density at radius 3 is 2.59 bits per heavy atom. The molecule has 5 nitrogen and oxygen atoms in total. The largest absolute Gasteiger partial charge is 0.439 e. The van der Waals surface area contributed by atoms with Crippen molar-refractivity contribution in [1.29, 1.82) is 5.26 Å². The van der Waals surface area contributed by atoms with E-state index in [1.807, 2.05) is 25.1 Å². The lowest BCUT2D eigenvalue weighted by Crippen LogP contribution is -1.96. The first-order chi connectivity index (χ1) is 13.0. The molecule has 1 aromatic heterocycles. The fraction of sp³-hybridized carbons (Fsp3) is 0.143. The molecule has 0 aliphatic heterocycles. The summed E-state index contributed by atoms with van der Waals surface area (Å²) in [5, 5.41) is 9.77. The van der Waals surface area contributed by atoms with E-state index < -0.39 is 0 Å². The number of hydrogen-bond acceptors (Lipinski definition) is 6. The monoisotopic (exact) mass is 375 g/mol. The maximum Gasteiger partial charge on any atom is 0.223 e. The number of thioether (sulfide) groups is 1. The van der Waals surface area contributed by atoms with E-state index in [9.17, 15) is 10.1 Å². The molecule has 134 valence electrons. The van der Waals surface area contributed by atoms with Crippen molar-refractivity contribution in [2.75, 3.05) is 0 Å². The van der Waals surface area contributed by atoms with Crippen molar-refractivity contribution < 1.29 is 9.53 Å². The number of Topliss-reactive ketones (excluding diaryl/α,β-unsaturated/α-hetero) is 1. The summed E-state index contributed by atoms with van der Waals surface area (Å²) in [6, 6.07) is 18.4. The van der Waals surface area contributed by atoms with Crippen LogP contribution in [0.25, 0.3) is 0 Å². The van der Waals surface area contributed by atoms with Gasteiger partial charge < -0.3 is 4.74 Å². The summed E-state index contributed by atoms with van der Waals surface area (Å²) < 4.78 is 5.80. The average Bonchev–Trinajstić information content (AvgIpc) is 2.66. The first-order valence-corrected chi connectivity index (χ1v) is 9.29. The number of ether oxygens (including phenoxy) is 1. The van der Waals surface area contributed by atoms with Crippen molar-refractivity contribution in [2.24, 2.45) is 0 Å². The van der Waals surface area contributed by atoms with E-state index >= 15 is 0 Å². The highest BCUT2D eigenvalue weighted by Gasteiger charge is 2.08. The molecule has 0 bridgehead atoms. The van der Waals surface area contributed by atoms with Gasteiger partial charge in [0.25, 0.3) is 0 Å². The topological polar surface area (TPSA) is 75.9 Å². The zero-order chi connectivity index (χ0) is 19.2. The number of aromatic nitrogens is 2. The van der Waals surface area contributed by atoms with E-state index in [4.69, 9.17) is 4.74 Å². The third-order valence-electron chi connectivity index (χ3n) is 3.79. The van der Waals surface area contributed by atoms with Crippen LogP contribution in [0.4, 0.5) is 0 Å². The number of aryl methyl sites for hydroxylation is 1. The first-order valence-electron chi connectivity index (χ1n) is 8.30. The summed E-state index contributed by atoms with van der Waals surface area (Å²) >= 11 is 1.45. The molecule has 0 saturated heterocycles. The van der Waals surface area contributed by atoms with Gasteiger partial charge in [-0.3, -0.25) is 4.79 Å². The molecule has 0 aliphatic rings. The fourth-order valence-corrected chi connectivity index (χ4v) is 3.31. The Labute approximate surface area is 162 Å². The quantitative estimate of drug-likeness (QED) is 0.345. The zero-order valence-corrected chi connectivity index (χ0v) is 15.8. The van der Waals surface area contributed by atoms with Crippen LogP contribution in [0.3, 0.4) is 0 Å². The first kappa shape index (κ1) is 18.6. The SMILES string of the molecule is CC(=O)c1ccc(Oc2cc(C)nc(SCc3ccccc3C#N)n2)cc1. The summed E-state index contributed by atoms with van der Waals surface area (Å²) in [6.45, 7) is 3.40. The van der Waals surface area contributed by atoms with E-state index in [0.29, 0.717) is 33.7 Å². The van der Waals surface area contributed by atoms with Crippen molar-refractivity contribution in [1.82, 2.24) is 9.97 Å². The summed E-state index contributed by atoms with van der Waals surface area (Å²) in [7, 11) is 0. The van der Waals surface area contributed by atoms with Crippen molar-refractivity contribution in [3.63, 3.8) is 0 Å². The lowest BCUT2D eigenvalue weighted by atomic mass is 10.1. The second-order valence-electron chi connectivity index (χ2n) is 5.87. The molecule has 0 atom stereocenters. The van der Waals surface area contributed by atoms with Crippen molar-refractivity contribution in [3.8, 4) is 17.7 Å². The number of ketones is 1. The van der Waals surface area contributed by atoms with Gasteiger partial charge in [0.15, 0.2) is 10.9 Å². The second kappa shape index (κ2) is 8.47. The molecule has 0 amide bonds. The zero-order valence-electron chi connectivity index (χ0n) is 15.0. The molecular weight excluding hydrogens is 358 g/mol. The molecular formula is C21H17N3O2S. The molecule has 0 aliphatic carbocycles. The minimum Gasteiger partial charge on any atom is -0.439 e. The van der Waals surface area contributed by atoms with Crippen LogP contribution in [0, 0.1) is 18.3 Å². The van der Waals surface area contributed by atoms with Crippen molar-refractivity contribution >= 4 is 17.5 Å². The Hall–Kier alpha value is -3.17. The normalized spacial score (nSPS) is 10.3. The standard InChI is InChI=1S/C21H17N3O2S/c1-14-11-20(26-19-9-7-16(8-10-19)15(2)25)24-21(23-14)27-13-18-6-4-3-5-17(18)12-22/h3-11H,13H2,1-2H3. The smallest absolute Gasteiger partial charge is 0.223 e. The van der Waals surface area contributed by atoms with Crippen LogP contribution in [0.2, 0.25) is 0 Å². The minimum absolute atomic E-state index is 0.00997. The molecule has 0 saturated carbocycles. The number of nitrogens with zero attached hydrogens (tertiary/aromatic N) is 3. The number of hydrogen-bond donors (Lipinski definition) is 0. The van der Waals surface area contributed by atoms with Gasteiger partial charge in [-0.05, 0) is 49.7 Å². The van der Waals surface area contributed by atoms with Gasteiger partial charge in [0.2, 0.25) is 5.88 Å². The summed E-state index contributed by atoms with van der Waals surface area (Å²) in [6.07, 6.45) is 0. The summed E-state index contributed by atoms with van der Waals surface area (Å²) in [4.78, 5) is 20.2. The van der Waals surface area contributed by atoms with E-state index in [2.05, 4.69) is 16.0 Å². The molecule has 6 heteroatoms. The van der Waals surface area contributed by atoms with Crippen LogP contribution in [-0.4, -0.2) is 15.8 Å². The number of carbonyl (C=O) groups excluding carboxylic acids is 1. The van der Waals surface area contributed by atoms with Gasteiger partial charge in [0.05, 0.1) is 11.6 Å². The maximum atomic E-state index is 11.4. The average molecular weight is 375 g/mol. The van der Waals surface area contributed by atoms with E-state index in [-0.39, 0.29) is 5.78 Å². The summed E-state index contributed by atoms with van der Waals surface area (Å²) in [5.41, 5.74) is 3.02. The van der Waals surface area contributed by atoms with Crippen LogP contribution < -0.4 is 4.74 Å². The molecule has 0 unspecified atom stereocenters. The van der Waals surface area contributed by atoms with Gasteiger partial charge in [0.1, 0.15) is 5.75 Å². The molecule has 0 fully saturated rings. The van der Waals surface area contributed by atoms with Crippen LogP contribution in [0.5, 0.6) is 11.6 Å². The number of benzene rings is 2. The molecule has 0 spiro atoms. The molecule has 0 radical (unpaired) electrons. The number of nitriles is 1. The van der Waals surface area contributed by atoms with E-state index in [1.165, 1.54) is 18.7 Å². The maximum absolute atomic E-state index is 11.4. The molecule has 0 N–H and O–H groups in total. The third-order valence-corrected chi connectivity index (χ3v) is 4.68. The van der Waals surface area contributed by atoms with Gasteiger partial charge in [-0.1, -0.05) is 30.0 Å². The van der Waals surface area contributed by atoms with Crippen LogP contribution >= 0.6 is 11.8 Å². The molecule has 2 aromatic carbocycles. The van der Waals surface area contributed by atoms with Crippen molar-refractivity contribution in [3.05, 3.63) is 77.0 Å². The predicted molar refractivity (Wildman–Crippen MR) is 104 cm³/mol. The lowest BCUT2D eigenvalue weighted by Gasteiger charge is -2.08. The summed E-state index contributed by atoms with van der Waals surface area (Å²) in [5.74, 6) is 1.65. The Kier molecular flexibility index (Phi) is 5.84. The lowest BCUT2D eigenvalue weighted by molar-refractivity contribution is 0.101. The second-order valence-corrected chi connectivity index (χ2v) is 6.81. The Morgan fingerprint density at radius 2 is 1.89 bits per heavy atom. The molecule has 27 heavy (non-hydrogen) atoms. The van der Waals surface area contributed by atoms with Crippen LogP contribution in [0.1, 0.15) is 34.1 Å².